The number of rotatable bonds is 4. The Morgan fingerprint density at radius 1 is 1.32 bits per heavy atom. The van der Waals surface area contributed by atoms with Crippen LogP contribution >= 0.6 is 0 Å². The summed E-state index contributed by atoms with van der Waals surface area (Å²) in [6.07, 6.45) is 2.20. The summed E-state index contributed by atoms with van der Waals surface area (Å²) in [4.78, 5) is 20.5. The minimum absolute atomic E-state index is 0.00939. The van der Waals surface area contributed by atoms with E-state index in [4.69, 9.17) is 10.00 Å². The van der Waals surface area contributed by atoms with Crippen LogP contribution in [-0.2, 0) is 0 Å². The van der Waals surface area contributed by atoms with Crippen LogP contribution in [0.1, 0.15) is 22.3 Å². The van der Waals surface area contributed by atoms with Crippen molar-refractivity contribution in [1.82, 2.24) is 9.88 Å². The fourth-order valence-corrected chi connectivity index (χ4v) is 2.81. The quantitative estimate of drug-likeness (QED) is 0.857. The molecule has 128 valence electrons. The lowest BCUT2D eigenvalue weighted by atomic mass is 10.2. The first-order valence-electron chi connectivity index (χ1n) is 8.16. The Morgan fingerprint density at radius 2 is 2.08 bits per heavy atom. The van der Waals surface area contributed by atoms with Gasteiger partial charge in [-0.2, -0.15) is 5.26 Å². The number of likely N-dealkylation sites (tertiary alicyclic amines) is 1. The molecule has 1 aliphatic heterocycles. The Hall–Kier alpha value is -3.07. The zero-order chi connectivity index (χ0) is 17.8. The summed E-state index contributed by atoms with van der Waals surface area (Å²) in [6.45, 7) is 1.17. The maximum absolute atomic E-state index is 12.6. The third-order valence-corrected chi connectivity index (χ3v) is 4.21. The first-order valence-corrected chi connectivity index (χ1v) is 8.16. The highest BCUT2D eigenvalue weighted by molar-refractivity contribution is 5.94. The predicted molar refractivity (Wildman–Crippen MR) is 94.7 cm³/mol. The van der Waals surface area contributed by atoms with Gasteiger partial charge in [-0.25, -0.2) is 4.98 Å². The summed E-state index contributed by atoms with van der Waals surface area (Å²) in [5.74, 6) is 0.434. The van der Waals surface area contributed by atoms with Crippen LogP contribution < -0.4 is 9.64 Å². The molecule has 2 aromatic rings. The minimum atomic E-state index is -0.105. The minimum Gasteiger partial charge on any atom is -0.472 e. The molecule has 1 unspecified atom stereocenters. The molecular weight excluding hydrogens is 316 g/mol. The van der Waals surface area contributed by atoms with Gasteiger partial charge in [0.1, 0.15) is 6.10 Å². The highest BCUT2D eigenvalue weighted by Crippen LogP contribution is 2.20. The molecular formula is C19H20N4O2. The number of pyridine rings is 1. The molecule has 0 bridgehead atoms. The molecule has 25 heavy (non-hydrogen) atoms. The number of nitriles is 1. The van der Waals surface area contributed by atoms with Crippen LogP contribution in [0.15, 0.2) is 42.6 Å². The lowest BCUT2D eigenvalue weighted by Gasteiger charge is -2.18. The molecule has 1 aromatic heterocycles. The molecule has 3 rings (SSSR count). The Balaban J connectivity index is 1.62. The van der Waals surface area contributed by atoms with Gasteiger partial charge in [0, 0.05) is 50.6 Å². The average Bonchev–Trinajstić information content (AvgIpc) is 3.09. The van der Waals surface area contributed by atoms with Gasteiger partial charge < -0.3 is 14.5 Å². The predicted octanol–water partition coefficient (Wildman–Crippen LogP) is 2.31. The number of nitrogens with zero attached hydrogens (tertiary/aromatic N) is 4. The van der Waals surface area contributed by atoms with Crippen molar-refractivity contribution >= 4 is 11.6 Å². The van der Waals surface area contributed by atoms with Gasteiger partial charge in [-0.05, 0) is 30.3 Å². The van der Waals surface area contributed by atoms with E-state index in [1.807, 2.05) is 43.3 Å². The average molecular weight is 336 g/mol. The van der Waals surface area contributed by atoms with Crippen molar-refractivity contribution in [2.75, 3.05) is 32.1 Å². The summed E-state index contributed by atoms with van der Waals surface area (Å²) in [6, 6.07) is 12.9. The third-order valence-electron chi connectivity index (χ3n) is 4.21. The summed E-state index contributed by atoms with van der Waals surface area (Å²) in [5, 5.41) is 8.93. The Labute approximate surface area is 147 Å². The molecule has 1 amide bonds. The SMILES string of the molecule is CN(C)c1ccc(C(=O)N2CCC(Oc3cc(C#N)ccn3)C2)cc1. The number of benzene rings is 1. The van der Waals surface area contributed by atoms with Crippen molar-refractivity contribution in [2.45, 2.75) is 12.5 Å². The van der Waals surface area contributed by atoms with E-state index in [-0.39, 0.29) is 12.0 Å². The van der Waals surface area contributed by atoms with Crippen molar-refractivity contribution in [3.8, 4) is 11.9 Å². The second-order valence-electron chi connectivity index (χ2n) is 6.22. The van der Waals surface area contributed by atoms with Crippen LogP contribution in [0, 0.1) is 11.3 Å². The van der Waals surface area contributed by atoms with Gasteiger partial charge in [0.15, 0.2) is 0 Å². The van der Waals surface area contributed by atoms with E-state index in [0.717, 1.165) is 12.1 Å². The number of amides is 1. The molecule has 0 radical (unpaired) electrons. The molecule has 0 saturated carbocycles. The van der Waals surface area contributed by atoms with Gasteiger partial charge in [-0.1, -0.05) is 0 Å². The Kier molecular flexibility index (Phi) is 4.85. The molecule has 0 aliphatic carbocycles. The van der Waals surface area contributed by atoms with E-state index in [9.17, 15) is 4.79 Å². The topological polar surface area (TPSA) is 69.5 Å². The smallest absolute Gasteiger partial charge is 0.253 e. The first kappa shape index (κ1) is 16.8. The molecule has 1 aliphatic rings. The molecule has 0 spiro atoms. The number of hydrogen-bond donors (Lipinski definition) is 0. The second-order valence-corrected chi connectivity index (χ2v) is 6.22. The lowest BCUT2D eigenvalue weighted by molar-refractivity contribution is 0.0771. The number of ether oxygens (including phenoxy) is 1. The number of carbonyl (C=O) groups is 1. The van der Waals surface area contributed by atoms with Crippen LogP contribution in [0.25, 0.3) is 0 Å². The van der Waals surface area contributed by atoms with E-state index < -0.39 is 0 Å². The van der Waals surface area contributed by atoms with Crippen LogP contribution in [0.4, 0.5) is 5.69 Å². The number of aromatic nitrogens is 1. The van der Waals surface area contributed by atoms with Gasteiger partial charge in [0.2, 0.25) is 5.88 Å². The molecule has 2 heterocycles. The number of anilines is 1. The van der Waals surface area contributed by atoms with Crippen LogP contribution in [-0.4, -0.2) is 49.1 Å². The van der Waals surface area contributed by atoms with Gasteiger partial charge in [-0.3, -0.25) is 4.79 Å². The molecule has 6 heteroatoms. The standard InChI is InChI=1S/C19H20N4O2/c1-22(2)16-5-3-15(4-6-16)19(24)23-10-8-17(13-23)25-18-11-14(12-20)7-9-21-18/h3-7,9,11,17H,8,10,13H2,1-2H3. The lowest BCUT2D eigenvalue weighted by Crippen LogP contribution is -2.31. The zero-order valence-corrected chi connectivity index (χ0v) is 14.3. The van der Waals surface area contributed by atoms with E-state index in [1.165, 1.54) is 0 Å². The highest BCUT2D eigenvalue weighted by Gasteiger charge is 2.28. The summed E-state index contributed by atoms with van der Waals surface area (Å²) in [7, 11) is 3.93. The van der Waals surface area contributed by atoms with Crippen molar-refractivity contribution < 1.29 is 9.53 Å². The van der Waals surface area contributed by atoms with E-state index in [0.29, 0.717) is 30.1 Å². The van der Waals surface area contributed by atoms with Gasteiger partial charge in [0.05, 0.1) is 18.2 Å². The molecule has 1 saturated heterocycles. The maximum atomic E-state index is 12.6. The van der Waals surface area contributed by atoms with E-state index in [2.05, 4.69) is 11.1 Å². The Morgan fingerprint density at radius 3 is 2.76 bits per heavy atom. The molecule has 1 atom stereocenters. The number of hydrogen-bond acceptors (Lipinski definition) is 5. The molecule has 0 N–H and O–H groups in total. The molecule has 6 nitrogen and oxygen atoms in total. The van der Waals surface area contributed by atoms with Crippen molar-refractivity contribution in [1.29, 1.82) is 5.26 Å². The summed E-state index contributed by atoms with van der Waals surface area (Å²) >= 11 is 0. The molecule has 1 aromatic carbocycles. The zero-order valence-electron chi connectivity index (χ0n) is 14.3. The number of carbonyl (C=O) groups excluding carboxylic acids is 1. The maximum Gasteiger partial charge on any atom is 0.253 e. The van der Waals surface area contributed by atoms with Crippen molar-refractivity contribution in [3.63, 3.8) is 0 Å². The van der Waals surface area contributed by atoms with Crippen LogP contribution in [0.5, 0.6) is 5.88 Å². The highest BCUT2D eigenvalue weighted by atomic mass is 16.5. The van der Waals surface area contributed by atoms with E-state index >= 15 is 0 Å². The largest absolute Gasteiger partial charge is 0.472 e. The Bertz CT molecular complexity index is 796. The van der Waals surface area contributed by atoms with E-state index in [1.54, 1.807) is 23.2 Å². The van der Waals surface area contributed by atoms with Gasteiger partial charge in [-0.15, -0.1) is 0 Å². The third kappa shape index (κ3) is 3.89. The van der Waals surface area contributed by atoms with Crippen LogP contribution in [0.3, 0.4) is 0 Å². The summed E-state index contributed by atoms with van der Waals surface area (Å²) in [5.41, 5.74) is 2.25. The first-order chi connectivity index (χ1) is 12.1. The van der Waals surface area contributed by atoms with Crippen LogP contribution in [0.2, 0.25) is 0 Å². The fraction of sp³-hybridized carbons (Fsp3) is 0.316. The van der Waals surface area contributed by atoms with Crippen molar-refractivity contribution in [3.05, 3.63) is 53.7 Å². The monoisotopic (exact) mass is 336 g/mol. The fourth-order valence-electron chi connectivity index (χ4n) is 2.81. The normalized spacial score (nSPS) is 16.4. The van der Waals surface area contributed by atoms with Crippen molar-refractivity contribution in [2.24, 2.45) is 0 Å². The van der Waals surface area contributed by atoms with Gasteiger partial charge in [0.25, 0.3) is 5.91 Å². The summed E-state index contributed by atoms with van der Waals surface area (Å²) < 4.78 is 5.82. The second kappa shape index (κ2) is 7.22. The van der Waals surface area contributed by atoms with Gasteiger partial charge >= 0.3 is 0 Å². The molecule has 1 fully saturated rings.